The molecule has 0 amide bonds. The molecular weight excluding hydrogens is 208 g/mol. The lowest BCUT2D eigenvalue weighted by Crippen LogP contribution is -2.53. The van der Waals surface area contributed by atoms with Crippen LogP contribution in [0, 0.1) is 6.92 Å². The first-order valence-corrected chi connectivity index (χ1v) is 6.54. The van der Waals surface area contributed by atoms with Crippen LogP contribution in [0.15, 0.2) is 24.3 Å². The van der Waals surface area contributed by atoms with Crippen LogP contribution in [0.3, 0.4) is 0 Å². The molecule has 94 valence electrons. The zero-order valence-corrected chi connectivity index (χ0v) is 11.5. The number of benzene rings is 1. The summed E-state index contributed by atoms with van der Waals surface area (Å²) >= 11 is 0. The van der Waals surface area contributed by atoms with E-state index in [9.17, 15) is 0 Å². The van der Waals surface area contributed by atoms with Crippen LogP contribution in [0.5, 0.6) is 0 Å². The van der Waals surface area contributed by atoms with E-state index in [2.05, 4.69) is 61.8 Å². The van der Waals surface area contributed by atoms with Crippen molar-refractivity contribution in [2.24, 2.45) is 0 Å². The van der Waals surface area contributed by atoms with Gasteiger partial charge in [0, 0.05) is 37.4 Å². The Labute approximate surface area is 105 Å². The third-order valence-corrected chi connectivity index (χ3v) is 3.68. The number of anilines is 1. The molecule has 0 aromatic heterocycles. The van der Waals surface area contributed by atoms with E-state index in [1.807, 2.05) is 0 Å². The van der Waals surface area contributed by atoms with Crippen molar-refractivity contribution in [1.82, 2.24) is 4.90 Å². The molecule has 1 aliphatic rings. The van der Waals surface area contributed by atoms with Gasteiger partial charge in [-0.25, -0.2) is 0 Å². The topological polar surface area (TPSA) is 6.48 Å². The fourth-order valence-electron chi connectivity index (χ4n) is 2.54. The van der Waals surface area contributed by atoms with E-state index in [0.717, 1.165) is 26.2 Å². The molecule has 2 rings (SSSR count). The minimum absolute atomic E-state index is 0.303. The van der Waals surface area contributed by atoms with E-state index < -0.39 is 0 Å². The van der Waals surface area contributed by atoms with Crippen molar-refractivity contribution in [3.05, 3.63) is 29.8 Å². The monoisotopic (exact) mass is 232 g/mol. The Morgan fingerprint density at radius 1 is 0.941 bits per heavy atom. The van der Waals surface area contributed by atoms with Crippen LogP contribution < -0.4 is 4.90 Å². The summed E-state index contributed by atoms with van der Waals surface area (Å²) < 4.78 is 0. The van der Waals surface area contributed by atoms with Gasteiger partial charge in [0.25, 0.3) is 0 Å². The molecule has 0 spiro atoms. The third-order valence-electron chi connectivity index (χ3n) is 3.68. The molecule has 0 unspecified atom stereocenters. The number of piperazine rings is 1. The average molecular weight is 232 g/mol. The molecule has 0 atom stereocenters. The zero-order valence-electron chi connectivity index (χ0n) is 11.5. The first-order chi connectivity index (χ1) is 7.98. The van der Waals surface area contributed by atoms with E-state index in [1.54, 1.807) is 0 Å². The van der Waals surface area contributed by atoms with Crippen molar-refractivity contribution in [3.63, 3.8) is 0 Å². The molecule has 0 aliphatic carbocycles. The zero-order chi connectivity index (χ0) is 12.5. The molecule has 1 aromatic carbocycles. The van der Waals surface area contributed by atoms with Gasteiger partial charge >= 0.3 is 0 Å². The molecule has 1 fully saturated rings. The first kappa shape index (κ1) is 12.4. The van der Waals surface area contributed by atoms with Gasteiger partial charge in [0.1, 0.15) is 0 Å². The van der Waals surface area contributed by atoms with Gasteiger partial charge in [-0.15, -0.1) is 0 Å². The summed E-state index contributed by atoms with van der Waals surface area (Å²) in [6, 6.07) is 8.69. The summed E-state index contributed by atoms with van der Waals surface area (Å²) in [5, 5.41) is 0. The number of rotatable bonds is 1. The van der Waals surface area contributed by atoms with Gasteiger partial charge < -0.3 is 4.90 Å². The second kappa shape index (κ2) is 4.69. The van der Waals surface area contributed by atoms with Crippen molar-refractivity contribution < 1.29 is 0 Å². The molecule has 1 saturated heterocycles. The molecule has 1 aliphatic heterocycles. The second-order valence-electron chi connectivity index (χ2n) is 5.93. The van der Waals surface area contributed by atoms with Crippen LogP contribution >= 0.6 is 0 Å². The van der Waals surface area contributed by atoms with Crippen LogP contribution in [0.4, 0.5) is 5.69 Å². The van der Waals surface area contributed by atoms with E-state index in [1.165, 1.54) is 11.3 Å². The molecule has 0 saturated carbocycles. The highest BCUT2D eigenvalue weighted by molar-refractivity contribution is 5.53. The van der Waals surface area contributed by atoms with Gasteiger partial charge in [-0.2, -0.15) is 0 Å². The Bertz CT molecular complexity index is 371. The SMILES string of the molecule is Cc1ccccc1N1CCN(C(C)(C)C)CC1. The highest BCUT2D eigenvalue weighted by atomic mass is 15.3. The Kier molecular flexibility index (Phi) is 3.43. The van der Waals surface area contributed by atoms with E-state index in [0.29, 0.717) is 5.54 Å². The van der Waals surface area contributed by atoms with Crippen molar-refractivity contribution in [2.45, 2.75) is 33.2 Å². The van der Waals surface area contributed by atoms with Gasteiger partial charge in [0.15, 0.2) is 0 Å². The molecule has 0 N–H and O–H groups in total. The summed E-state index contributed by atoms with van der Waals surface area (Å²) in [5.74, 6) is 0. The highest BCUT2D eigenvalue weighted by Crippen LogP contribution is 2.23. The third kappa shape index (κ3) is 2.81. The molecule has 1 aromatic rings. The van der Waals surface area contributed by atoms with E-state index in [-0.39, 0.29) is 0 Å². The molecule has 2 heteroatoms. The fraction of sp³-hybridized carbons (Fsp3) is 0.600. The number of aryl methyl sites for hydroxylation is 1. The summed E-state index contributed by atoms with van der Waals surface area (Å²) in [7, 11) is 0. The molecule has 17 heavy (non-hydrogen) atoms. The highest BCUT2D eigenvalue weighted by Gasteiger charge is 2.26. The second-order valence-corrected chi connectivity index (χ2v) is 5.93. The molecular formula is C15H24N2. The lowest BCUT2D eigenvalue weighted by Gasteiger charge is -2.43. The normalized spacial score (nSPS) is 18.5. The van der Waals surface area contributed by atoms with Crippen molar-refractivity contribution in [1.29, 1.82) is 0 Å². The standard InChI is InChI=1S/C15H24N2/c1-13-7-5-6-8-14(13)16-9-11-17(12-10-16)15(2,3)4/h5-8H,9-12H2,1-4H3. The lowest BCUT2D eigenvalue weighted by molar-refractivity contribution is 0.128. The number of hydrogen-bond donors (Lipinski definition) is 0. The molecule has 0 bridgehead atoms. The molecule has 2 nitrogen and oxygen atoms in total. The quantitative estimate of drug-likeness (QED) is 0.734. The van der Waals surface area contributed by atoms with Crippen LogP contribution in [0.1, 0.15) is 26.3 Å². The van der Waals surface area contributed by atoms with E-state index >= 15 is 0 Å². The van der Waals surface area contributed by atoms with Gasteiger partial charge in [-0.1, -0.05) is 18.2 Å². The van der Waals surface area contributed by atoms with Gasteiger partial charge in [-0.3, -0.25) is 4.90 Å². The van der Waals surface area contributed by atoms with Crippen molar-refractivity contribution in [2.75, 3.05) is 31.1 Å². The number of nitrogens with zero attached hydrogens (tertiary/aromatic N) is 2. The summed E-state index contributed by atoms with van der Waals surface area (Å²) in [6.45, 7) is 13.7. The maximum atomic E-state index is 2.57. The largest absolute Gasteiger partial charge is 0.369 e. The molecule has 0 radical (unpaired) electrons. The molecule has 1 heterocycles. The fourth-order valence-corrected chi connectivity index (χ4v) is 2.54. The van der Waals surface area contributed by atoms with Crippen LogP contribution in [0.2, 0.25) is 0 Å². The minimum Gasteiger partial charge on any atom is -0.369 e. The maximum Gasteiger partial charge on any atom is 0.0396 e. The first-order valence-electron chi connectivity index (χ1n) is 6.54. The summed E-state index contributed by atoms with van der Waals surface area (Å²) in [5.41, 5.74) is 3.09. The Hall–Kier alpha value is -1.02. The summed E-state index contributed by atoms with van der Waals surface area (Å²) in [4.78, 5) is 5.08. The van der Waals surface area contributed by atoms with Crippen LogP contribution in [-0.4, -0.2) is 36.6 Å². The summed E-state index contributed by atoms with van der Waals surface area (Å²) in [6.07, 6.45) is 0. The number of hydrogen-bond acceptors (Lipinski definition) is 2. The van der Waals surface area contributed by atoms with Gasteiger partial charge in [-0.05, 0) is 39.3 Å². The van der Waals surface area contributed by atoms with Gasteiger partial charge in [0.05, 0.1) is 0 Å². The smallest absolute Gasteiger partial charge is 0.0396 e. The van der Waals surface area contributed by atoms with Gasteiger partial charge in [0.2, 0.25) is 0 Å². The minimum atomic E-state index is 0.303. The number of para-hydroxylation sites is 1. The van der Waals surface area contributed by atoms with Crippen molar-refractivity contribution in [3.8, 4) is 0 Å². The average Bonchev–Trinajstić information content (AvgIpc) is 2.29. The maximum absolute atomic E-state index is 2.57. The van der Waals surface area contributed by atoms with Crippen LogP contribution in [-0.2, 0) is 0 Å². The Morgan fingerprint density at radius 2 is 1.53 bits per heavy atom. The Balaban J connectivity index is 2.03. The lowest BCUT2D eigenvalue weighted by atomic mass is 10.0. The predicted octanol–water partition coefficient (Wildman–Crippen LogP) is 2.92. The van der Waals surface area contributed by atoms with E-state index in [4.69, 9.17) is 0 Å². The van der Waals surface area contributed by atoms with Crippen molar-refractivity contribution >= 4 is 5.69 Å². The Morgan fingerprint density at radius 3 is 2.06 bits per heavy atom. The van der Waals surface area contributed by atoms with Crippen LogP contribution in [0.25, 0.3) is 0 Å². The predicted molar refractivity (Wildman–Crippen MR) is 74.7 cm³/mol.